The summed E-state index contributed by atoms with van der Waals surface area (Å²) in [5.41, 5.74) is 3.23. The van der Waals surface area contributed by atoms with Crippen LogP contribution in [0.25, 0.3) is 6.08 Å². The summed E-state index contributed by atoms with van der Waals surface area (Å²) in [6.45, 7) is 2.21. The van der Waals surface area contributed by atoms with Crippen molar-refractivity contribution in [2.75, 3.05) is 12.4 Å². The van der Waals surface area contributed by atoms with Crippen LogP contribution in [0, 0.1) is 5.82 Å². The summed E-state index contributed by atoms with van der Waals surface area (Å²) < 4.78 is 25.0. The Bertz CT molecular complexity index is 1160. The topological polar surface area (TPSA) is 59.6 Å². The molecular formula is C26H25FN2O3S. The summed E-state index contributed by atoms with van der Waals surface area (Å²) in [6.07, 6.45) is 2.80. The first-order valence-electron chi connectivity index (χ1n) is 10.6. The lowest BCUT2D eigenvalue weighted by Gasteiger charge is -2.13. The van der Waals surface area contributed by atoms with Crippen LogP contribution < -0.4 is 20.1 Å². The summed E-state index contributed by atoms with van der Waals surface area (Å²) >= 11 is 1.42. The Balaban J connectivity index is 1.43. The van der Waals surface area contributed by atoms with Gasteiger partial charge in [0.2, 0.25) is 0 Å². The first-order chi connectivity index (χ1) is 16.1. The van der Waals surface area contributed by atoms with E-state index in [0.29, 0.717) is 22.0 Å². The highest BCUT2D eigenvalue weighted by Gasteiger charge is 2.27. The Hall–Kier alpha value is -3.45. The van der Waals surface area contributed by atoms with E-state index in [2.05, 4.69) is 29.7 Å². The molecule has 1 saturated heterocycles. The average Bonchev–Trinajstić information content (AvgIpc) is 3.17. The molecule has 0 aromatic heterocycles. The van der Waals surface area contributed by atoms with Crippen molar-refractivity contribution < 1.29 is 18.7 Å². The monoisotopic (exact) mass is 464 g/mol. The summed E-state index contributed by atoms with van der Waals surface area (Å²) in [4.78, 5) is 13.1. The number of amides is 1. The van der Waals surface area contributed by atoms with E-state index >= 15 is 0 Å². The zero-order chi connectivity index (χ0) is 23.2. The van der Waals surface area contributed by atoms with E-state index in [4.69, 9.17) is 9.47 Å². The molecule has 0 saturated carbocycles. The number of benzene rings is 3. The molecule has 1 aliphatic heterocycles. The molecule has 170 valence electrons. The second kappa shape index (κ2) is 10.4. The van der Waals surface area contributed by atoms with Gasteiger partial charge in [-0.15, -0.1) is 0 Å². The summed E-state index contributed by atoms with van der Waals surface area (Å²) in [5.74, 6) is 0.560. The van der Waals surface area contributed by atoms with Crippen molar-refractivity contribution in [3.05, 3.63) is 94.1 Å². The number of ether oxygens (including phenoxy) is 2. The molecule has 1 amide bonds. The maximum atomic E-state index is 13.8. The molecule has 0 unspecified atom stereocenters. The van der Waals surface area contributed by atoms with Crippen LogP contribution in [0.4, 0.5) is 10.1 Å². The molecule has 33 heavy (non-hydrogen) atoms. The van der Waals surface area contributed by atoms with Gasteiger partial charge in [-0.2, -0.15) is 0 Å². The van der Waals surface area contributed by atoms with Crippen LogP contribution in [0.15, 0.2) is 71.6 Å². The number of aryl methyl sites for hydroxylation is 1. The van der Waals surface area contributed by atoms with Crippen molar-refractivity contribution in [3.8, 4) is 11.5 Å². The number of thioether (sulfide) groups is 1. The Kier molecular flexibility index (Phi) is 7.19. The summed E-state index contributed by atoms with van der Waals surface area (Å²) in [6, 6.07) is 20.0. The average molecular weight is 465 g/mol. The first-order valence-corrected chi connectivity index (χ1v) is 11.5. The molecule has 1 heterocycles. The third-order valence-corrected chi connectivity index (χ3v) is 6.25. The molecule has 0 spiro atoms. The fourth-order valence-electron chi connectivity index (χ4n) is 3.37. The molecule has 3 aromatic carbocycles. The van der Waals surface area contributed by atoms with Crippen LogP contribution in [0.5, 0.6) is 11.5 Å². The number of anilines is 1. The van der Waals surface area contributed by atoms with E-state index in [-0.39, 0.29) is 23.8 Å². The SMILES string of the molecule is CCc1ccc(N[C@H]2NC(=O)/C(=C/c3ccc(OCc4ccccc4F)c(OC)c3)S2)cc1. The highest BCUT2D eigenvalue weighted by molar-refractivity contribution is 8.05. The van der Waals surface area contributed by atoms with Crippen molar-refractivity contribution in [2.24, 2.45) is 0 Å². The number of carbonyl (C=O) groups is 1. The van der Waals surface area contributed by atoms with Gasteiger partial charge in [-0.05, 0) is 54.0 Å². The van der Waals surface area contributed by atoms with Gasteiger partial charge in [-0.25, -0.2) is 4.39 Å². The molecule has 4 rings (SSSR count). The van der Waals surface area contributed by atoms with E-state index in [1.807, 2.05) is 24.3 Å². The van der Waals surface area contributed by atoms with Crippen LogP contribution in [-0.4, -0.2) is 18.5 Å². The maximum absolute atomic E-state index is 13.8. The number of hydrogen-bond acceptors (Lipinski definition) is 5. The molecule has 3 aromatic rings. The van der Waals surface area contributed by atoms with Crippen molar-refractivity contribution in [3.63, 3.8) is 0 Å². The normalized spacial score (nSPS) is 16.5. The van der Waals surface area contributed by atoms with E-state index in [9.17, 15) is 9.18 Å². The van der Waals surface area contributed by atoms with E-state index in [1.165, 1.54) is 23.4 Å². The molecule has 0 bridgehead atoms. The summed E-state index contributed by atoms with van der Waals surface area (Å²) in [7, 11) is 1.54. The maximum Gasteiger partial charge on any atom is 0.260 e. The number of halogens is 1. The predicted octanol–water partition coefficient (Wildman–Crippen LogP) is 5.58. The number of methoxy groups -OCH3 is 1. The Morgan fingerprint density at radius 2 is 1.88 bits per heavy atom. The number of carbonyl (C=O) groups excluding carboxylic acids is 1. The van der Waals surface area contributed by atoms with Crippen LogP contribution in [0.3, 0.4) is 0 Å². The largest absolute Gasteiger partial charge is 0.493 e. The fourth-order valence-corrected chi connectivity index (χ4v) is 4.35. The molecule has 0 radical (unpaired) electrons. The Morgan fingerprint density at radius 1 is 1.09 bits per heavy atom. The van der Waals surface area contributed by atoms with Crippen LogP contribution in [0.1, 0.15) is 23.6 Å². The molecular weight excluding hydrogens is 439 g/mol. The zero-order valence-electron chi connectivity index (χ0n) is 18.4. The van der Waals surface area contributed by atoms with Gasteiger partial charge in [0, 0.05) is 11.3 Å². The van der Waals surface area contributed by atoms with Gasteiger partial charge >= 0.3 is 0 Å². The predicted molar refractivity (Wildman–Crippen MR) is 131 cm³/mol. The molecule has 1 aliphatic rings. The Labute approximate surface area is 197 Å². The van der Waals surface area contributed by atoms with E-state index in [1.54, 1.807) is 37.4 Å². The van der Waals surface area contributed by atoms with Crippen LogP contribution in [-0.2, 0) is 17.8 Å². The van der Waals surface area contributed by atoms with Gasteiger partial charge in [0.1, 0.15) is 12.4 Å². The quantitative estimate of drug-likeness (QED) is 0.427. The van der Waals surface area contributed by atoms with Gasteiger partial charge in [-0.3, -0.25) is 4.79 Å². The second-order valence-electron chi connectivity index (χ2n) is 7.47. The Morgan fingerprint density at radius 3 is 2.61 bits per heavy atom. The van der Waals surface area contributed by atoms with Gasteiger partial charge in [0.15, 0.2) is 17.0 Å². The first kappa shape index (κ1) is 22.7. The van der Waals surface area contributed by atoms with Gasteiger partial charge < -0.3 is 20.1 Å². The van der Waals surface area contributed by atoms with Gasteiger partial charge in [0.05, 0.1) is 12.0 Å². The fraction of sp³-hybridized carbons (Fsp3) is 0.192. The molecule has 1 atom stereocenters. The number of nitrogens with one attached hydrogen (secondary N) is 2. The lowest BCUT2D eigenvalue weighted by molar-refractivity contribution is -0.116. The third-order valence-electron chi connectivity index (χ3n) is 5.22. The van der Waals surface area contributed by atoms with Crippen molar-refractivity contribution in [2.45, 2.75) is 25.4 Å². The lowest BCUT2D eigenvalue weighted by Crippen LogP contribution is -2.30. The van der Waals surface area contributed by atoms with Gasteiger partial charge in [-0.1, -0.05) is 55.1 Å². The van der Waals surface area contributed by atoms with Crippen molar-refractivity contribution in [1.82, 2.24) is 5.32 Å². The minimum Gasteiger partial charge on any atom is -0.493 e. The second-order valence-corrected chi connectivity index (χ2v) is 8.61. The molecule has 7 heteroatoms. The number of rotatable bonds is 8. The van der Waals surface area contributed by atoms with Gasteiger partial charge in [0.25, 0.3) is 5.91 Å². The van der Waals surface area contributed by atoms with Crippen molar-refractivity contribution in [1.29, 1.82) is 0 Å². The molecule has 2 N–H and O–H groups in total. The molecule has 0 aliphatic carbocycles. The van der Waals surface area contributed by atoms with E-state index < -0.39 is 0 Å². The highest BCUT2D eigenvalue weighted by atomic mass is 32.2. The zero-order valence-corrected chi connectivity index (χ0v) is 19.2. The minimum atomic E-state index is -0.313. The molecule has 1 fully saturated rings. The number of hydrogen-bond donors (Lipinski definition) is 2. The third kappa shape index (κ3) is 5.68. The van der Waals surface area contributed by atoms with Crippen molar-refractivity contribution >= 4 is 29.4 Å². The highest BCUT2D eigenvalue weighted by Crippen LogP contribution is 2.33. The smallest absolute Gasteiger partial charge is 0.260 e. The minimum absolute atomic E-state index is 0.0916. The summed E-state index contributed by atoms with van der Waals surface area (Å²) in [5, 5.41) is 6.26. The van der Waals surface area contributed by atoms with Crippen LogP contribution in [0.2, 0.25) is 0 Å². The lowest BCUT2D eigenvalue weighted by atomic mass is 10.1. The van der Waals surface area contributed by atoms with Crippen LogP contribution >= 0.6 is 11.8 Å². The standard InChI is InChI=1S/C26H25FN2O3S/c1-3-17-8-11-20(12-9-17)28-26-29-25(30)24(33-26)15-18-10-13-22(23(14-18)31-2)32-16-19-6-4-5-7-21(19)27/h4-15,26,28H,3,16H2,1-2H3,(H,29,30)/b24-15-/t26-/m0/s1. The molecule has 5 nitrogen and oxygen atoms in total. The van der Waals surface area contributed by atoms with E-state index in [0.717, 1.165) is 17.7 Å².